The minimum atomic E-state index is -1.18. The summed E-state index contributed by atoms with van der Waals surface area (Å²) in [4.78, 5) is 22.9. The van der Waals surface area contributed by atoms with Crippen molar-refractivity contribution in [3.05, 3.63) is 33.7 Å². The molecule has 0 saturated carbocycles. The number of carbonyl (C=O) groups is 1. The van der Waals surface area contributed by atoms with Crippen LogP contribution in [0.4, 0.5) is 0 Å². The lowest BCUT2D eigenvalue weighted by Crippen LogP contribution is -2.29. The highest BCUT2D eigenvalue weighted by Crippen LogP contribution is 2.16. The van der Waals surface area contributed by atoms with Crippen LogP contribution >= 0.6 is 0 Å². The second-order valence-electron chi connectivity index (χ2n) is 4.57. The van der Waals surface area contributed by atoms with E-state index >= 15 is 0 Å². The first-order valence-corrected chi connectivity index (χ1v) is 6.15. The van der Waals surface area contributed by atoms with Crippen molar-refractivity contribution >= 4 is 5.97 Å². The Morgan fingerprint density at radius 3 is 2.94 bits per heavy atom. The van der Waals surface area contributed by atoms with E-state index in [1.165, 1.54) is 10.6 Å². The lowest BCUT2D eigenvalue weighted by atomic mass is 10.1. The number of ether oxygens (including phenoxy) is 1. The molecule has 0 amide bonds. The summed E-state index contributed by atoms with van der Waals surface area (Å²) in [5.41, 5.74) is 0.177. The van der Waals surface area contributed by atoms with Gasteiger partial charge in [-0.1, -0.05) is 0 Å². The van der Waals surface area contributed by atoms with Gasteiger partial charge < -0.3 is 14.4 Å². The number of carboxylic acids is 1. The lowest BCUT2D eigenvalue weighted by Gasteiger charge is -2.13. The Balaban J connectivity index is 2.18. The molecule has 98 valence electrons. The number of aromatic nitrogens is 1. The average Bonchev–Trinajstić information content (AvgIpc) is 2.81. The Hall–Kier alpha value is -1.62. The van der Waals surface area contributed by atoms with E-state index in [9.17, 15) is 9.59 Å². The van der Waals surface area contributed by atoms with Gasteiger partial charge >= 0.3 is 5.97 Å². The van der Waals surface area contributed by atoms with Gasteiger partial charge in [-0.25, -0.2) is 4.79 Å². The van der Waals surface area contributed by atoms with Gasteiger partial charge in [-0.15, -0.1) is 0 Å². The monoisotopic (exact) mass is 251 g/mol. The highest BCUT2D eigenvalue weighted by atomic mass is 16.5. The fourth-order valence-corrected chi connectivity index (χ4v) is 2.26. The first-order chi connectivity index (χ1) is 8.59. The zero-order chi connectivity index (χ0) is 13.1. The second kappa shape index (κ2) is 5.35. The quantitative estimate of drug-likeness (QED) is 0.878. The normalized spacial score (nSPS) is 19.1. The van der Waals surface area contributed by atoms with Crippen LogP contribution in [0.2, 0.25) is 0 Å². The van der Waals surface area contributed by atoms with Crippen LogP contribution in [-0.2, 0) is 11.3 Å². The largest absolute Gasteiger partial charge is 0.477 e. The summed E-state index contributed by atoms with van der Waals surface area (Å²) < 4.78 is 7.02. The molecular weight excluding hydrogens is 234 g/mol. The van der Waals surface area contributed by atoms with Crippen molar-refractivity contribution in [2.45, 2.75) is 38.8 Å². The van der Waals surface area contributed by atoms with E-state index in [4.69, 9.17) is 9.84 Å². The van der Waals surface area contributed by atoms with Crippen LogP contribution in [0.3, 0.4) is 0 Å². The first-order valence-electron chi connectivity index (χ1n) is 6.15. The molecular formula is C13H17NO4. The Morgan fingerprint density at radius 1 is 1.56 bits per heavy atom. The predicted molar refractivity (Wildman–Crippen MR) is 66.0 cm³/mol. The van der Waals surface area contributed by atoms with Gasteiger partial charge in [-0.2, -0.15) is 0 Å². The minimum Gasteiger partial charge on any atom is -0.477 e. The number of nitrogens with zero attached hydrogens (tertiary/aromatic N) is 1. The van der Waals surface area contributed by atoms with Crippen molar-refractivity contribution in [2.75, 3.05) is 6.61 Å². The molecule has 1 fully saturated rings. The van der Waals surface area contributed by atoms with Gasteiger partial charge in [-0.3, -0.25) is 4.79 Å². The molecule has 1 saturated heterocycles. The molecule has 1 aliphatic heterocycles. The Kier molecular flexibility index (Phi) is 3.81. The molecule has 0 bridgehead atoms. The van der Waals surface area contributed by atoms with E-state index in [-0.39, 0.29) is 11.7 Å². The van der Waals surface area contributed by atoms with E-state index in [2.05, 4.69) is 0 Å². The van der Waals surface area contributed by atoms with Crippen LogP contribution in [0.25, 0.3) is 0 Å². The molecule has 0 aliphatic carbocycles. The van der Waals surface area contributed by atoms with Crippen LogP contribution in [0, 0.1) is 6.92 Å². The van der Waals surface area contributed by atoms with Gasteiger partial charge in [0.05, 0.1) is 6.10 Å². The average molecular weight is 251 g/mol. The molecule has 0 aromatic carbocycles. The van der Waals surface area contributed by atoms with Crippen molar-refractivity contribution in [1.29, 1.82) is 0 Å². The smallest absolute Gasteiger partial charge is 0.341 e. The molecule has 1 aromatic heterocycles. The van der Waals surface area contributed by atoms with Gasteiger partial charge in [0.25, 0.3) is 5.56 Å². The van der Waals surface area contributed by atoms with E-state index in [1.54, 1.807) is 6.07 Å². The molecule has 0 radical (unpaired) electrons. The maximum Gasteiger partial charge on any atom is 0.341 e. The molecule has 1 N–H and O–H groups in total. The summed E-state index contributed by atoms with van der Waals surface area (Å²) in [5.74, 6) is -1.18. The Labute approximate surface area is 105 Å². The van der Waals surface area contributed by atoms with Gasteiger partial charge in [0.1, 0.15) is 5.56 Å². The van der Waals surface area contributed by atoms with Crippen molar-refractivity contribution in [3.8, 4) is 0 Å². The van der Waals surface area contributed by atoms with Crippen LogP contribution in [-0.4, -0.2) is 28.4 Å². The van der Waals surface area contributed by atoms with E-state index < -0.39 is 11.5 Å². The third kappa shape index (κ3) is 2.61. The van der Waals surface area contributed by atoms with E-state index in [0.717, 1.165) is 31.6 Å². The van der Waals surface area contributed by atoms with Crippen LogP contribution in [0.5, 0.6) is 0 Å². The molecule has 2 rings (SSSR count). The summed E-state index contributed by atoms with van der Waals surface area (Å²) >= 11 is 0. The minimum absolute atomic E-state index is 0.173. The molecule has 5 heteroatoms. The Bertz CT molecular complexity index is 500. The van der Waals surface area contributed by atoms with E-state index in [0.29, 0.717) is 6.54 Å². The molecule has 1 aliphatic rings. The van der Waals surface area contributed by atoms with Gasteiger partial charge in [0.15, 0.2) is 0 Å². The van der Waals surface area contributed by atoms with Crippen LogP contribution < -0.4 is 5.56 Å². The second-order valence-corrected chi connectivity index (χ2v) is 4.57. The molecule has 1 aromatic rings. The SMILES string of the molecule is Cc1ccc(C(=O)O)c(=O)n1CCC1CCCO1. The van der Waals surface area contributed by atoms with E-state index in [1.807, 2.05) is 6.92 Å². The maximum absolute atomic E-state index is 12.0. The first kappa shape index (κ1) is 12.8. The van der Waals surface area contributed by atoms with Gasteiger partial charge in [-0.05, 0) is 38.3 Å². The number of carboxylic acid groups (broad SMARTS) is 1. The third-order valence-corrected chi connectivity index (χ3v) is 3.32. The molecule has 1 atom stereocenters. The molecule has 2 heterocycles. The zero-order valence-electron chi connectivity index (χ0n) is 10.4. The summed E-state index contributed by atoms with van der Waals surface area (Å²) in [6.45, 7) is 3.10. The standard InChI is InChI=1S/C13H17NO4/c1-9-4-5-11(13(16)17)12(15)14(9)7-6-10-3-2-8-18-10/h4-5,10H,2-3,6-8H2,1H3,(H,16,17). The summed E-state index contributed by atoms with van der Waals surface area (Å²) in [5, 5.41) is 8.92. The summed E-state index contributed by atoms with van der Waals surface area (Å²) in [6.07, 6.45) is 3.04. The van der Waals surface area contributed by atoms with Crippen molar-refractivity contribution in [1.82, 2.24) is 4.57 Å². The fourth-order valence-electron chi connectivity index (χ4n) is 2.26. The lowest BCUT2D eigenvalue weighted by molar-refractivity contribution is 0.0694. The summed E-state index contributed by atoms with van der Waals surface area (Å²) in [7, 11) is 0. The number of pyridine rings is 1. The topological polar surface area (TPSA) is 68.5 Å². The highest BCUT2D eigenvalue weighted by molar-refractivity contribution is 5.87. The molecule has 0 spiro atoms. The predicted octanol–water partition coefficient (Wildman–Crippen LogP) is 1.42. The molecule has 5 nitrogen and oxygen atoms in total. The maximum atomic E-state index is 12.0. The van der Waals surface area contributed by atoms with Crippen LogP contribution in [0.1, 0.15) is 35.3 Å². The molecule has 18 heavy (non-hydrogen) atoms. The number of aryl methyl sites for hydroxylation is 1. The van der Waals surface area contributed by atoms with Gasteiger partial charge in [0.2, 0.25) is 0 Å². The van der Waals surface area contributed by atoms with Crippen molar-refractivity contribution in [3.63, 3.8) is 0 Å². The molecule has 1 unspecified atom stereocenters. The van der Waals surface area contributed by atoms with Crippen LogP contribution in [0.15, 0.2) is 16.9 Å². The number of rotatable bonds is 4. The zero-order valence-corrected chi connectivity index (χ0v) is 10.4. The highest BCUT2D eigenvalue weighted by Gasteiger charge is 2.17. The number of hydrogen-bond donors (Lipinski definition) is 1. The fraction of sp³-hybridized carbons (Fsp3) is 0.538. The van der Waals surface area contributed by atoms with Crippen molar-refractivity contribution < 1.29 is 14.6 Å². The Morgan fingerprint density at radius 2 is 2.33 bits per heavy atom. The summed E-state index contributed by atoms with van der Waals surface area (Å²) in [6, 6.07) is 3.03. The number of hydrogen-bond acceptors (Lipinski definition) is 3. The van der Waals surface area contributed by atoms with Gasteiger partial charge in [0, 0.05) is 18.8 Å². The third-order valence-electron chi connectivity index (χ3n) is 3.32. The number of aromatic carboxylic acids is 1. The van der Waals surface area contributed by atoms with Crippen molar-refractivity contribution in [2.24, 2.45) is 0 Å².